The second-order valence-corrected chi connectivity index (χ2v) is 9.27. The Bertz CT molecular complexity index is 1010. The van der Waals surface area contributed by atoms with Gasteiger partial charge < -0.3 is 14.2 Å². The molecule has 1 atom stereocenters. The van der Waals surface area contributed by atoms with Crippen LogP contribution in [0.5, 0.6) is 0 Å². The third-order valence-corrected chi connectivity index (χ3v) is 5.47. The van der Waals surface area contributed by atoms with E-state index in [1.165, 1.54) is 3.57 Å². The minimum Gasteiger partial charge on any atom is -0.444 e. The maximum absolute atomic E-state index is 12.5. The zero-order chi connectivity index (χ0) is 19.2. The number of hydrogen-bond donors (Lipinski definition) is 0. The van der Waals surface area contributed by atoms with Gasteiger partial charge in [0.2, 0.25) is 0 Å². The van der Waals surface area contributed by atoms with E-state index in [0.717, 1.165) is 41.3 Å². The molecule has 142 valence electrons. The summed E-state index contributed by atoms with van der Waals surface area (Å²) in [5, 5.41) is 1.10. The number of fused-ring (bicyclic) bond motifs is 3. The molecule has 1 amide bonds. The Labute approximate surface area is 172 Å². The van der Waals surface area contributed by atoms with Crippen molar-refractivity contribution in [2.75, 3.05) is 13.1 Å². The van der Waals surface area contributed by atoms with Crippen molar-refractivity contribution in [1.29, 1.82) is 0 Å². The van der Waals surface area contributed by atoms with Gasteiger partial charge in [0.1, 0.15) is 11.1 Å². The van der Waals surface area contributed by atoms with Gasteiger partial charge in [-0.2, -0.15) is 0 Å². The normalized spacial score (nSPS) is 18.2. The Hall–Kier alpha value is -1.90. The lowest BCUT2D eigenvalue weighted by Gasteiger charge is -2.34. The number of ether oxygens (including phenoxy) is 1. The van der Waals surface area contributed by atoms with E-state index >= 15 is 0 Å². The van der Waals surface area contributed by atoms with E-state index in [4.69, 9.17) is 4.74 Å². The van der Waals surface area contributed by atoms with Crippen LogP contribution in [0.4, 0.5) is 4.79 Å². The van der Waals surface area contributed by atoms with E-state index < -0.39 is 5.60 Å². The molecule has 0 spiro atoms. The van der Waals surface area contributed by atoms with Crippen LogP contribution < -0.4 is 0 Å². The van der Waals surface area contributed by atoms with E-state index in [0.29, 0.717) is 6.54 Å². The molecule has 27 heavy (non-hydrogen) atoms. The first-order valence-corrected chi connectivity index (χ1v) is 10.3. The van der Waals surface area contributed by atoms with Crippen molar-refractivity contribution < 1.29 is 9.53 Å². The lowest BCUT2D eigenvalue weighted by Crippen LogP contribution is -2.43. The van der Waals surface area contributed by atoms with Crippen LogP contribution in [0.1, 0.15) is 39.7 Å². The number of nitrogens with zero attached hydrogens (tertiary/aromatic N) is 4. The maximum atomic E-state index is 12.5. The number of aromatic nitrogens is 3. The molecule has 0 N–H and O–H groups in total. The summed E-state index contributed by atoms with van der Waals surface area (Å²) in [4.78, 5) is 23.4. The number of halogens is 1. The van der Waals surface area contributed by atoms with E-state index in [-0.39, 0.29) is 12.1 Å². The first-order valence-electron chi connectivity index (χ1n) is 9.20. The highest BCUT2D eigenvalue weighted by Gasteiger charge is 2.29. The molecule has 3 heterocycles. The summed E-state index contributed by atoms with van der Waals surface area (Å²) >= 11 is 2.32. The lowest BCUT2D eigenvalue weighted by atomic mass is 10.1. The average Bonchev–Trinajstić information content (AvgIpc) is 3.05. The number of carbonyl (C=O) groups is 1. The Balaban J connectivity index is 1.70. The lowest BCUT2D eigenvalue weighted by molar-refractivity contribution is 0.0174. The van der Waals surface area contributed by atoms with Crippen molar-refractivity contribution in [1.82, 2.24) is 19.4 Å². The Morgan fingerprint density at radius 3 is 2.85 bits per heavy atom. The minimum absolute atomic E-state index is 0.180. The SMILES string of the molecule is CC(C)(C)OC(=O)N1CCCC(n2cnc3cnc4ccc(I)cc4c32)C1. The zero-order valence-electron chi connectivity index (χ0n) is 15.8. The number of benzene rings is 1. The number of pyridine rings is 1. The van der Waals surface area contributed by atoms with Crippen LogP contribution in [0.25, 0.3) is 21.9 Å². The third kappa shape index (κ3) is 3.74. The summed E-state index contributed by atoms with van der Waals surface area (Å²) in [5.74, 6) is 0. The fraction of sp³-hybridized carbons (Fsp3) is 0.450. The second kappa shape index (κ2) is 6.92. The van der Waals surface area contributed by atoms with Gasteiger partial charge in [-0.15, -0.1) is 0 Å². The monoisotopic (exact) mass is 478 g/mol. The molecule has 4 rings (SSSR count). The molecule has 7 heteroatoms. The molecule has 1 aliphatic heterocycles. The maximum Gasteiger partial charge on any atom is 0.410 e. The standard InChI is InChI=1S/C20H23IN4O2/c1-20(2,3)27-19(26)24-8-4-5-14(11-24)25-12-23-17-10-22-16-7-6-13(21)9-15(16)18(17)25/h6-7,9-10,12,14H,4-5,8,11H2,1-3H3. The first-order chi connectivity index (χ1) is 12.8. The van der Waals surface area contributed by atoms with Gasteiger partial charge in [0.15, 0.2) is 0 Å². The molecule has 1 fully saturated rings. The van der Waals surface area contributed by atoms with Crippen molar-refractivity contribution in [2.45, 2.75) is 45.3 Å². The summed E-state index contributed by atoms with van der Waals surface area (Å²) < 4.78 is 8.95. The van der Waals surface area contributed by atoms with Gasteiger partial charge in [0.25, 0.3) is 0 Å². The van der Waals surface area contributed by atoms with E-state index in [2.05, 4.69) is 49.3 Å². The average molecular weight is 478 g/mol. The van der Waals surface area contributed by atoms with Crippen molar-refractivity contribution >= 4 is 50.6 Å². The van der Waals surface area contributed by atoms with Gasteiger partial charge >= 0.3 is 6.09 Å². The number of piperidine rings is 1. The van der Waals surface area contributed by atoms with Crippen LogP contribution in [-0.4, -0.2) is 44.2 Å². The number of carbonyl (C=O) groups excluding carboxylic acids is 1. The highest BCUT2D eigenvalue weighted by Crippen LogP contribution is 2.30. The van der Waals surface area contributed by atoms with E-state index in [1.54, 1.807) is 0 Å². The van der Waals surface area contributed by atoms with Gasteiger partial charge in [-0.1, -0.05) is 0 Å². The fourth-order valence-electron chi connectivity index (χ4n) is 3.64. The zero-order valence-corrected chi connectivity index (χ0v) is 17.9. The summed E-state index contributed by atoms with van der Waals surface area (Å²) in [5.41, 5.74) is 2.46. The first kappa shape index (κ1) is 18.5. The highest BCUT2D eigenvalue weighted by molar-refractivity contribution is 14.1. The molecule has 0 aliphatic carbocycles. The van der Waals surface area contributed by atoms with Gasteiger partial charge in [-0.05, 0) is 74.4 Å². The molecule has 1 aromatic carbocycles. The van der Waals surface area contributed by atoms with Crippen LogP contribution in [0.2, 0.25) is 0 Å². The van der Waals surface area contributed by atoms with Crippen molar-refractivity contribution in [3.8, 4) is 0 Å². The Kier molecular flexibility index (Phi) is 4.73. The topological polar surface area (TPSA) is 60.2 Å². The predicted octanol–water partition coefficient (Wildman–Crippen LogP) is 4.76. The minimum atomic E-state index is -0.482. The molecule has 1 aliphatic rings. The van der Waals surface area contributed by atoms with Crippen LogP contribution in [0, 0.1) is 3.57 Å². The fourth-order valence-corrected chi connectivity index (χ4v) is 4.13. The van der Waals surface area contributed by atoms with Crippen molar-refractivity contribution in [2.24, 2.45) is 0 Å². The number of likely N-dealkylation sites (tertiary alicyclic amines) is 1. The van der Waals surface area contributed by atoms with Crippen LogP contribution in [0.3, 0.4) is 0 Å². The number of hydrogen-bond acceptors (Lipinski definition) is 4. The third-order valence-electron chi connectivity index (χ3n) is 4.80. The summed E-state index contributed by atoms with van der Waals surface area (Å²) in [6.07, 6.45) is 5.44. The number of rotatable bonds is 1. The molecule has 6 nitrogen and oxygen atoms in total. The molecule has 3 aromatic rings. The smallest absolute Gasteiger partial charge is 0.410 e. The summed E-state index contributed by atoms with van der Waals surface area (Å²) in [6.45, 7) is 7.07. The quantitative estimate of drug-likeness (QED) is 0.474. The van der Waals surface area contributed by atoms with Gasteiger partial charge in [0, 0.05) is 22.0 Å². The Morgan fingerprint density at radius 1 is 1.26 bits per heavy atom. The van der Waals surface area contributed by atoms with Gasteiger partial charge in [0.05, 0.1) is 29.6 Å². The van der Waals surface area contributed by atoms with Gasteiger partial charge in [-0.25, -0.2) is 9.78 Å². The molecule has 1 unspecified atom stereocenters. The van der Waals surface area contributed by atoms with E-state index in [1.807, 2.05) is 44.3 Å². The Morgan fingerprint density at radius 2 is 2.07 bits per heavy atom. The number of amides is 1. The number of imidazole rings is 1. The molecule has 0 radical (unpaired) electrons. The molecule has 2 aromatic heterocycles. The molecule has 1 saturated heterocycles. The second-order valence-electron chi connectivity index (χ2n) is 8.03. The summed E-state index contributed by atoms with van der Waals surface area (Å²) in [6, 6.07) is 6.44. The van der Waals surface area contributed by atoms with Crippen molar-refractivity contribution in [3.05, 3.63) is 34.3 Å². The van der Waals surface area contributed by atoms with Gasteiger partial charge in [-0.3, -0.25) is 4.98 Å². The van der Waals surface area contributed by atoms with Crippen LogP contribution in [0.15, 0.2) is 30.7 Å². The predicted molar refractivity (Wildman–Crippen MR) is 114 cm³/mol. The van der Waals surface area contributed by atoms with Crippen LogP contribution >= 0.6 is 22.6 Å². The van der Waals surface area contributed by atoms with Crippen molar-refractivity contribution in [3.63, 3.8) is 0 Å². The molecular formula is C20H23IN4O2. The van der Waals surface area contributed by atoms with E-state index in [9.17, 15) is 4.79 Å². The largest absolute Gasteiger partial charge is 0.444 e. The summed E-state index contributed by atoms with van der Waals surface area (Å²) in [7, 11) is 0. The van der Waals surface area contributed by atoms with Crippen LogP contribution in [-0.2, 0) is 4.74 Å². The molecule has 0 saturated carbocycles. The molecular weight excluding hydrogens is 455 g/mol. The molecule has 0 bridgehead atoms. The highest BCUT2D eigenvalue weighted by atomic mass is 127.